The summed E-state index contributed by atoms with van der Waals surface area (Å²) in [7, 11) is -0.760. The van der Waals surface area contributed by atoms with Crippen LogP contribution in [0.4, 0.5) is 5.95 Å². The first-order valence-electron chi connectivity index (χ1n) is 5.81. The maximum atomic E-state index is 11.2. The standard InChI is InChI=1S/C11H19N3O2S/c1-3-8-16-10-5-6-12-11(14-10)13-7-9-17(15)4-2/h5-6H,3-4,7-9H2,1-2H3,(H,12,13,14). The fourth-order valence-corrected chi connectivity index (χ4v) is 1.75. The molecular weight excluding hydrogens is 238 g/mol. The highest BCUT2D eigenvalue weighted by Crippen LogP contribution is 2.08. The van der Waals surface area contributed by atoms with E-state index in [1.807, 2.05) is 13.8 Å². The van der Waals surface area contributed by atoms with Gasteiger partial charge in [-0.3, -0.25) is 4.21 Å². The molecule has 0 bridgehead atoms. The predicted molar refractivity (Wildman–Crippen MR) is 69.9 cm³/mol. The van der Waals surface area contributed by atoms with E-state index in [1.54, 1.807) is 12.3 Å². The van der Waals surface area contributed by atoms with E-state index < -0.39 is 10.8 Å². The number of hydrogen-bond donors (Lipinski definition) is 1. The summed E-state index contributed by atoms with van der Waals surface area (Å²) in [6.07, 6.45) is 2.60. The largest absolute Gasteiger partial charge is 0.478 e. The van der Waals surface area contributed by atoms with Gasteiger partial charge in [0.2, 0.25) is 11.8 Å². The third kappa shape index (κ3) is 5.63. The van der Waals surface area contributed by atoms with Crippen LogP contribution >= 0.6 is 0 Å². The number of anilines is 1. The Bertz CT molecular complexity index is 360. The first-order chi connectivity index (χ1) is 8.26. The minimum atomic E-state index is -0.760. The molecule has 1 unspecified atom stereocenters. The van der Waals surface area contributed by atoms with Gasteiger partial charge in [0.25, 0.3) is 0 Å². The van der Waals surface area contributed by atoms with Crippen molar-refractivity contribution in [3.63, 3.8) is 0 Å². The van der Waals surface area contributed by atoms with Gasteiger partial charge >= 0.3 is 0 Å². The average Bonchev–Trinajstić information content (AvgIpc) is 2.36. The topological polar surface area (TPSA) is 64.1 Å². The summed E-state index contributed by atoms with van der Waals surface area (Å²) in [6.45, 7) is 5.21. The van der Waals surface area contributed by atoms with Gasteiger partial charge in [0.1, 0.15) is 0 Å². The highest BCUT2D eigenvalue weighted by molar-refractivity contribution is 7.84. The van der Waals surface area contributed by atoms with Gasteiger partial charge in [0.15, 0.2) is 0 Å². The van der Waals surface area contributed by atoms with Gasteiger partial charge in [-0.05, 0) is 6.42 Å². The van der Waals surface area contributed by atoms with Crippen molar-refractivity contribution in [2.24, 2.45) is 0 Å². The molecule has 0 radical (unpaired) electrons. The van der Waals surface area contributed by atoms with Crippen LogP contribution in [-0.2, 0) is 10.8 Å². The summed E-state index contributed by atoms with van der Waals surface area (Å²) < 4.78 is 16.6. The van der Waals surface area contributed by atoms with Crippen molar-refractivity contribution in [3.8, 4) is 5.88 Å². The van der Waals surface area contributed by atoms with Gasteiger partial charge in [0.05, 0.1) is 6.61 Å². The molecule has 96 valence electrons. The Hall–Kier alpha value is -1.17. The van der Waals surface area contributed by atoms with Crippen molar-refractivity contribution in [1.82, 2.24) is 9.97 Å². The molecular formula is C11H19N3O2S. The Morgan fingerprint density at radius 3 is 3.00 bits per heavy atom. The Balaban J connectivity index is 2.40. The molecule has 0 fully saturated rings. The van der Waals surface area contributed by atoms with Gasteiger partial charge in [-0.1, -0.05) is 13.8 Å². The number of ether oxygens (including phenoxy) is 1. The lowest BCUT2D eigenvalue weighted by Gasteiger charge is -2.06. The fraction of sp³-hybridized carbons (Fsp3) is 0.636. The maximum Gasteiger partial charge on any atom is 0.225 e. The lowest BCUT2D eigenvalue weighted by molar-refractivity contribution is 0.305. The molecule has 1 aromatic rings. The molecule has 0 aliphatic rings. The van der Waals surface area contributed by atoms with Crippen LogP contribution < -0.4 is 10.1 Å². The molecule has 1 N–H and O–H groups in total. The molecule has 0 saturated heterocycles. The van der Waals surface area contributed by atoms with Gasteiger partial charge in [-0.2, -0.15) is 4.98 Å². The summed E-state index contributed by atoms with van der Waals surface area (Å²) in [5.74, 6) is 2.38. The fourth-order valence-electron chi connectivity index (χ4n) is 1.14. The molecule has 0 aliphatic carbocycles. The Kier molecular flexibility index (Phi) is 6.54. The van der Waals surface area contributed by atoms with Gasteiger partial charge in [0, 0.05) is 41.1 Å². The van der Waals surface area contributed by atoms with Crippen LogP contribution in [0.15, 0.2) is 12.3 Å². The Morgan fingerprint density at radius 2 is 2.29 bits per heavy atom. The summed E-state index contributed by atoms with van der Waals surface area (Å²) in [6, 6.07) is 1.73. The minimum Gasteiger partial charge on any atom is -0.478 e. The van der Waals surface area contributed by atoms with E-state index in [9.17, 15) is 4.21 Å². The smallest absolute Gasteiger partial charge is 0.225 e. The van der Waals surface area contributed by atoms with Gasteiger partial charge in [-0.15, -0.1) is 0 Å². The van der Waals surface area contributed by atoms with E-state index in [2.05, 4.69) is 15.3 Å². The third-order valence-corrected chi connectivity index (χ3v) is 3.32. The molecule has 0 aliphatic heterocycles. The van der Waals surface area contributed by atoms with Crippen molar-refractivity contribution in [2.75, 3.05) is 30.0 Å². The zero-order chi connectivity index (χ0) is 12.5. The van der Waals surface area contributed by atoms with Crippen molar-refractivity contribution < 1.29 is 8.95 Å². The van der Waals surface area contributed by atoms with Crippen molar-refractivity contribution in [2.45, 2.75) is 20.3 Å². The van der Waals surface area contributed by atoms with Crippen LogP contribution in [-0.4, -0.2) is 38.8 Å². The predicted octanol–water partition coefficient (Wildman–Crippen LogP) is 1.45. The van der Waals surface area contributed by atoms with E-state index in [4.69, 9.17) is 4.74 Å². The van der Waals surface area contributed by atoms with E-state index in [0.29, 0.717) is 36.5 Å². The molecule has 1 heterocycles. The SMILES string of the molecule is CCCOc1ccnc(NCCS(=O)CC)n1. The maximum absolute atomic E-state index is 11.2. The van der Waals surface area contributed by atoms with Crippen LogP contribution in [0.25, 0.3) is 0 Å². The van der Waals surface area contributed by atoms with Crippen molar-refractivity contribution >= 4 is 16.7 Å². The monoisotopic (exact) mass is 257 g/mol. The molecule has 5 nitrogen and oxygen atoms in total. The molecule has 6 heteroatoms. The van der Waals surface area contributed by atoms with Crippen molar-refractivity contribution in [3.05, 3.63) is 12.3 Å². The number of rotatable bonds is 8. The molecule has 0 aromatic carbocycles. The van der Waals surface area contributed by atoms with E-state index >= 15 is 0 Å². The van der Waals surface area contributed by atoms with E-state index in [-0.39, 0.29) is 0 Å². The lowest BCUT2D eigenvalue weighted by atomic mass is 10.5. The summed E-state index contributed by atoms with van der Waals surface area (Å²) in [5, 5.41) is 3.03. The Morgan fingerprint density at radius 1 is 1.47 bits per heavy atom. The lowest BCUT2D eigenvalue weighted by Crippen LogP contribution is -2.13. The molecule has 1 aromatic heterocycles. The van der Waals surface area contributed by atoms with Gasteiger partial charge in [-0.25, -0.2) is 4.98 Å². The normalized spacial score (nSPS) is 12.1. The first kappa shape index (κ1) is 13.9. The number of aromatic nitrogens is 2. The quantitative estimate of drug-likeness (QED) is 0.763. The summed E-state index contributed by atoms with van der Waals surface area (Å²) in [4.78, 5) is 8.26. The Labute approximate surface area is 104 Å². The minimum absolute atomic E-state index is 0.520. The average molecular weight is 257 g/mol. The molecule has 0 saturated carbocycles. The molecule has 1 atom stereocenters. The van der Waals surface area contributed by atoms with Crippen LogP contribution in [0.5, 0.6) is 5.88 Å². The second-order valence-electron chi connectivity index (χ2n) is 3.43. The zero-order valence-electron chi connectivity index (χ0n) is 10.3. The van der Waals surface area contributed by atoms with E-state index in [1.165, 1.54) is 0 Å². The first-order valence-corrected chi connectivity index (χ1v) is 7.29. The third-order valence-electron chi connectivity index (χ3n) is 2.02. The molecule has 17 heavy (non-hydrogen) atoms. The second kappa shape index (κ2) is 8.00. The highest BCUT2D eigenvalue weighted by atomic mass is 32.2. The second-order valence-corrected chi connectivity index (χ2v) is 5.29. The van der Waals surface area contributed by atoms with Gasteiger partial charge < -0.3 is 10.1 Å². The van der Waals surface area contributed by atoms with Crippen LogP contribution in [0.1, 0.15) is 20.3 Å². The number of hydrogen-bond acceptors (Lipinski definition) is 5. The molecule has 0 spiro atoms. The summed E-state index contributed by atoms with van der Waals surface area (Å²) in [5.41, 5.74) is 0. The van der Waals surface area contributed by atoms with Crippen LogP contribution in [0.2, 0.25) is 0 Å². The van der Waals surface area contributed by atoms with Crippen molar-refractivity contribution in [1.29, 1.82) is 0 Å². The summed E-state index contributed by atoms with van der Waals surface area (Å²) >= 11 is 0. The number of nitrogens with one attached hydrogen (secondary N) is 1. The van der Waals surface area contributed by atoms with Crippen LogP contribution in [0, 0.1) is 0 Å². The van der Waals surface area contributed by atoms with Crippen LogP contribution in [0.3, 0.4) is 0 Å². The van der Waals surface area contributed by atoms with E-state index in [0.717, 1.165) is 6.42 Å². The number of nitrogens with zero attached hydrogens (tertiary/aromatic N) is 2. The molecule has 0 amide bonds. The highest BCUT2D eigenvalue weighted by Gasteiger charge is 2.00. The molecule has 1 rings (SSSR count). The zero-order valence-corrected chi connectivity index (χ0v) is 11.1.